The average molecular weight is 425 g/mol. The molecule has 10 heteroatoms. The van der Waals surface area contributed by atoms with Gasteiger partial charge in [-0.15, -0.1) is 0 Å². The van der Waals surface area contributed by atoms with Crippen molar-refractivity contribution in [2.75, 3.05) is 24.8 Å². The SMILES string of the molecule is CNc1cc(Nc2cccn(C(C)C)c2=O)nc2c(C(=O)N[C@H]3CC[C@@H]3OC)cnn12. The van der Waals surface area contributed by atoms with Crippen molar-refractivity contribution in [3.05, 3.63) is 46.5 Å². The molecule has 0 aromatic carbocycles. The highest BCUT2D eigenvalue weighted by molar-refractivity contribution is 6.00. The van der Waals surface area contributed by atoms with E-state index in [2.05, 4.69) is 26.0 Å². The third-order valence-electron chi connectivity index (χ3n) is 5.60. The second-order valence-electron chi connectivity index (χ2n) is 7.85. The number of nitrogens with zero attached hydrogens (tertiary/aromatic N) is 4. The van der Waals surface area contributed by atoms with E-state index in [1.54, 1.807) is 41.6 Å². The van der Waals surface area contributed by atoms with Crippen LogP contribution in [0.1, 0.15) is 43.1 Å². The van der Waals surface area contributed by atoms with E-state index in [4.69, 9.17) is 4.74 Å². The number of carbonyl (C=O) groups excluding carboxylic acids is 1. The molecular formula is C21H27N7O3. The molecule has 2 atom stereocenters. The summed E-state index contributed by atoms with van der Waals surface area (Å²) in [7, 11) is 3.40. The molecule has 1 aliphatic rings. The molecule has 10 nitrogen and oxygen atoms in total. The molecule has 0 spiro atoms. The first kappa shape index (κ1) is 20.9. The molecule has 3 N–H and O–H groups in total. The van der Waals surface area contributed by atoms with Gasteiger partial charge in [0.25, 0.3) is 11.5 Å². The van der Waals surface area contributed by atoms with Crippen LogP contribution in [0.25, 0.3) is 5.65 Å². The summed E-state index contributed by atoms with van der Waals surface area (Å²) in [5, 5.41) is 13.5. The number of pyridine rings is 1. The number of ether oxygens (including phenoxy) is 1. The van der Waals surface area contributed by atoms with Crippen molar-refractivity contribution in [1.82, 2.24) is 24.5 Å². The predicted molar refractivity (Wildman–Crippen MR) is 118 cm³/mol. The van der Waals surface area contributed by atoms with Gasteiger partial charge >= 0.3 is 0 Å². The molecule has 3 aromatic heterocycles. The lowest BCUT2D eigenvalue weighted by Gasteiger charge is -2.35. The third-order valence-corrected chi connectivity index (χ3v) is 5.60. The first-order valence-electron chi connectivity index (χ1n) is 10.3. The van der Waals surface area contributed by atoms with Crippen molar-refractivity contribution >= 4 is 28.9 Å². The number of fused-ring (bicyclic) bond motifs is 1. The Hall–Kier alpha value is -3.40. The van der Waals surface area contributed by atoms with Gasteiger partial charge in [-0.1, -0.05) is 0 Å². The Kier molecular flexibility index (Phi) is 5.64. The predicted octanol–water partition coefficient (Wildman–Crippen LogP) is 2.16. The molecule has 0 unspecified atom stereocenters. The van der Waals surface area contributed by atoms with E-state index in [-0.39, 0.29) is 29.7 Å². The molecule has 0 bridgehead atoms. The fourth-order valence-corrected chi connectivity index (χ4v) is 3.68. The zero-order chi connectivity index (χ0) is 22.1. The number of methoxy groups -OCH3 is 1. The van der Waals surface area contributed by atoms with Gasteiger partial charge in [-0.3, -0.25) is 9.59 Å². The average Bonchev–Trinajstić information content (AvgIpc) is 3.16. The Bertz CT molecular complexity index is 1170. The normalized spacial score (nSPS) is 18.1. The second kappa shape index (κ2) is 8.38. The van der Waals surface area contributed by atoms with E-state index in [9.17, 15) is 9.59 Å². The van der Waals surface area contributed by atoms with Gasteiger partial charge < -0.3 is 25.3 Å². The summed E-state index contributed by atoms with van der Waals surface area (Å²) in [5.41, 5.74) is 1.00. The smallest absolute Gasteiger partial charge is 0.274 e. The topological polar surface area (TPSA) is 115 Å². The Morgan fingerprint density at radius 2 is 2.13 bits per heavy atom. The number of anilines is 3. The first-order chi connectivity index (χ1) is 14.9. The van der Waals surface area contributed by atoms with E-state index in [0.717, 1.165) is 12.8 Å². The zero-order valence-corrected chi connectivity index (χ0v) is 18.0. The van der Waals surface area contributed by atoms with E-state index in [0.29, 0.717) is 28.5 Å². The van der Waals surface area contributed by atoms with E-state index < -0.39 is 0 Å². The molecule has 0 saturated heterocycles. The van der Waals surface area contributed by atoms with Crippen LogP contribution in [0.2, 0.25) is 0 Å². The van der Waals surface area contributed by atoms with Crippen molar-refractivity contribution < 1.29 is 9.53 Å². The van der Waals surface area contributed by atoms with Gasteiger partial charge in [0.05, 0.1) is 18.3 Å². The maximum Gasteiger partial charge on any atom is 0.274 e. The van der Waals surface area contributed by atoms with E-state index >= 15 is 0 Å². The summed E-state index contributed by atoms with van der Waals surface area (Å²) >= 11 is 0. The molecule has 31 heavy (non-hydrogen) atoms. The Morgan fingerprint density at radius 1 is 1.32 bits per heavy atom. The van der Waals surface area contributed by atoms with Crippen molar-refractivity contribution in [2.45, 2.75) is 44.9 Å². The standard InChI is InChI=1S/C21H27N7O3/c1-12(2)27-9-5-6-15(21(27)30)24-17-10-18(22-3)28-19(26-17)13(11-23-28)20(29)25-14-7-8-16(14)31-4/h5-6,9-12,14,16,22H,7-8H2,1-4H3,(H,24,26)(H,25,29)/t14-,16-/m0/s1. The fraction of sp³-hybridized carbons (Fsp3) is 0.429. The van der Waals surface area contributed by atoms with Crippen molar-refractivity contribution in [3.8, 4) is 0 Å². The quantitative estimate of drug-likeness (QED) is 0.531. The van der Waals surface area contributed by atoms with Gasteiger partial charge in [-0.25, -0.2) is 4.98 Å². The van der Waals surface area contributed by atoms with Gasteiger partial charge in [0.15, 0.2) is 5.65 Å². The van der Waals surface area contributed by atoms with Gasteiger partial charge in [0.1, 0.15) is 22.9 Å². The van der Waals surface area contributed by atoms with Gasteiger partial charge in [-0.2, -0.15) is 9.61 Å². The molecule has 0 radical (unpaired) electrons. The van der Waals surface area contributed by atoms with Crippen LogP contribution in [-0.2, 0) is 4.74 Å². The molecule has 164 valence electrons. The number of carbonyl (C=O) groups is 1. The lowest BCUT2D eigenvalue weighted by Crippen LogP contribution is -2.51. The Balaban J connectivity index is 1.68. The largest absolute Gasteiger partial charge is 0.379 e. The molecule has 1 fully saturated rings. The number of amides is 1. The second-order valence-corrected chi connectivity index (χ2v) is 7.85. The van der Waals surface area contributed by atoms with Gasteiger partial charge in [0.2, 0.25) is 0 Å². The highest BCUT2D eigenvalue weighted by Gasteiger charge is 2.33. The van der Waals surface area contributed by atoms with Crippen molar-refractivity contribution in [2.24, 2.45) is 0 Å². The molecule has 1 amide bonds. The van der Waals surface area contributed by atoms with E-state index in [1.807, 2.05) is 19.9 Å². The number of aromatic nitrogens is 4. The third kappa shape index (κ3) is 3.86. The van der Waals surface area contributed by atoms with Crippen molar-refractivity contribution in [3.63, 3.8) is 0 Å². The fourth-order valence-electron chi connectivity index (χ4n) is 3.68. The number of rotatable bonds is 7. The van der Waals surface area contributed by atoms with Crippen LogP contribution in [0.15, 0.2) is 35.4 Å². The lowest BCUT2D eigenvalue weighted by molar-refractivity contribution is 0.00732. The molecule has 3 heterocycles. The van der Waals surface area contributed by atoms with Crippen LogP contribution in [0, 0.1) is 0 Å². The summed E-state index contributed by atoms with van der Waals surface area (Å²) in [6.45, 7) is 3.89. The highest BCUT2D eigenvalue weighted by Crippen LogP contribution is 2.24. The van der Waals surface area contributed by atoms with Crippen LogP contribution < -0.4 is 21.5 Å². The molecule has 0 aliphatic heterocycles. The summed E-state index contributed by atoms with van der Waals surface area (Å²) in [5.74, 6) is 0.809. The van der Waals surface area contributed by atoms with Crippen molar-refractivity contribution in [1.29, 1.82) is 0 Å². The maximum atomic E-state index is 12.9. The highest BCUT2D eigenvalue weighted by atomic mass is 16.5. The Labute approximate surface area is 179 Å². The molecule has 1 saturated carbocycles. The minimum atomic E-state index is -0.254. The number of nitrogens with one attached hydrogen (secondary N) is 3. The summed E-state index contributed by atoms with van der Waals surface area (Å²) in [6.07, 6.45) is 5.09. The monoisotopic (exact) mass is 425 g/mol. The number of hydrogen-bond acceptors (Lipinski definition) is 7. The summed E-state index contributed by atoms with van der Waals surface area (Å²) < 4.78 is 8.56. The Morgan fingerprint density at radius 3 is 2.77 bits per heavy atom. The molecule has 3 aromatic rings. The van der Waals surface area contributed by atoms with Gasteiger partial charge in [0, 0.05) is 32.5 Å². The van der Waals surface area contributed by atoms with E-state index in [1.165, 1.54) is 6.20 Å². The van der Waals surface area contributed by atoms with Gasteiger partial charge in [-0.05, 0) is 38.8 Å². The maximum absolute atomic E-state index is 12.9. The van der Waals surface area contributed by atoms with Crippen LogP contribution in [0.3, 0.4) is 0 Å². The summed E-state index contributed by atoms with van der Waals surface area (Å²) in [4.78, 5) is 30.2. The summed E-state index contributed by atoms with van der Waals surface area (Å²) in [6, 6.07) is 5.27. The van der Waals surface area contributed by atoms with Crippen LogP contribution >= 0.6 is 0 Å². The number of hydrogen-bond donors (Lipinski definition) is 3. The lowest BCUT2D eigenvalue weighted by atomic mass is 9.89. The van der Waals surface area contributed by atoms with Crippen LogP contribution in [0.4, 0.5) is 17.3 Å². The minimum Gasteiger partial charge on any atom is -0.379 e. The molecular weight excluding hydrogens is 398 g/mol. The minimum absolute atomic E-state index is 0.0173. The zero-order valence-electron chi connectivity index (χ0n) is 18.0. The first-order valence-corrected chi connectivity index (χ1v) is 10.3. The molecule has 4 rings (SSSR count). The molecule has 1 aliphatic carbocycles. The van der Waals surface area contributed by atoms with Crippen LogP contribution in [0.5, 0.6) is 0 Å². The van der Waals surface area contributed by atoms with Crippen LogP contribution in [-0.4, -0.2) is 51.4 Å².